The summed E-state index contributed by atoms with van der Waals surface area (Å²) in [6, 6.07) is 12.2. The fourth-order valence-electron chi connectivity index (χ4n) is 1.79. The highest BCUT2D eigenvalue weighted by Gasteiger charge is 2.08. The summed E-state index contributed by atoms with van der Waals surface area (Å²) < 4.78 is 0. The van der Waals surface area contributed by atoms with Gasteiger partial charge < -0.3 is 10.4 Å². The van der Waals surface area contributed by atoms with E-state index < -0.39 is 0 Å². The molecule has 0 aliphatic rings. The number of hydrogen-bond acceptors (Lipinski definition) is 2. The molecule has 0 radical (unpaired) electrons. The minimum atomic E-state index is -0.143. The summed E-state index contributed by atoms with van der Waals surface area (Å²) in [4.78, 5) is 11.9. The standard InChI is InChI=1S/C15H14ClNO2/c1-10-13(6-3-7-14(10)18)17-15(19)9-11-4-2-5-12(16)8-11/h2-8,18H,9H2,1H3,(H,17,19). The van der Waals surface area contributed by atoms with Gasteiger partial charge in [0.15, 0.2) is 0 Å². The third-order valence-electron chi connectivity index (χ3n) is 2.83. The van der Waals surface area contributed by atoms with Crippen molar-refractivity contribution in [3.05, 3.63) is 58.6 Å². The zero-order chi connectivity index (χ0) is 13.8. The van der Waals surface area contributed by atoms with E-state index in [1.807, 2.05) is 12.1 Å². The van der Waals surface area contributed by atoms with Crippen LogP contribution >= 0.6 is 11.6 Å². The number of phenols is 1. The fraction of sp³-hybridized carbons (Fsp3) is 0.133. The quantitative estimate of drug-likeness (QED) is 0.900. The summed E-state index contributed by atoms with van der Waals surface area (Å²) in [5, 5.41) is 13.0. The Morgan fingerprint density at radius 1 is 1.26 bits per heavy atom. The maximum absolute atomic E-state index is 11.9. The largest absolute Gasteiger partial charge is 0.508 e. The zero-order valence-electron chi connectivity index (χ0n) is 10.5. The van der Waals surface area contributed by atoms with E-state index in [9.17, 15) is 9.90 Å². The van der Waals surface area contributed by atoms with Gasteiger partial charge >= 0.3 is 0 Å². The van der Waals surface area contributed by atoms with Crippen molar-refractivity contribution in [2.45, 2.75) is 13.3 Å². The number of phenolic OH excluding ortho intramolecular Hbond substituents is 1. The molecule has 0 aliphatic heterocycles. The van der Waals surface area contributed by atoms with Crippen molar-refractivity contribution in [2.24, 2.45) is 0 Å². The van der Waals surface area contributed by atoms with Gasteiger partial charge in [0.25, 0.3) is 0 Å². The van der Waals surface area contributed by atoms with Crippen LogP contribution < -0.4 is 5.32 Å². The second-order valence-electron chi connectivity index (χ2n) is 4.30. The molecule has 0 saturated heterocycles. The second-order valence-corrected chi connectivity index (χ2v) is 4.74. The lowest BCUT2D eigenvalue weighted by Crippen LogP contribution is -2.15. The highest BCUT2D eigenvalue weighted by Crippen LogP contribution is 2.24. The third-order valence-corrected chi connectivity index (χ3v) is 3.07. The number of carbonyl (C=O) groups is 1. The number of hydrogen-bond donors (Lipinski definition) is 2. The molecule has 19 heavy (non-hydrogen) atoms. The molecule has 0 fully saturated rings. The van der Waals surface area contributed by atoms with Gasteiger partial charge in [-0.2, -0.15) is 0 Å². The van der Waals surface area contributed by atoms with E-state index in [0.717, 1.165) is 5.56 Å². The molecule has 2 N–H and O–H groups in total. The van der Waals surface area contributed by atoms with Gasteiger partial charge in [0.2, 0.25) is 5.91 Å². The van der Waals surface area contributed by atoms with Crippen LogP contribution in [-0.4, -0.2) is 11.0 Å². The number of amides is 1. The predicted molar refractivity (Wildman–Crippen MR) is 76.6 cm³/mol. The lowest BCUT2D eigenvalue weighted by atomic mass is 10.1. The molecule has 0 aromatic heterocycles. The van der Waals surface area contributed by atoms with Crippen LogP contribution in [0, 0.1) is 6.92 Å². The molecule has 0 bridgehead atoms. The number of aromatic hydroxyl groups is 1. The van der Waals surface area contributed by atoms with E-state index in [1.54, 1.807) is 37.3 Å². The first-order chi connectivity index (χ1) is 9.06. The lowest BCUT2D eigenvalue weighted by molar-refractivity contribution is -0.115. The van der Waals surface area contributed by atoms with E-state index >= 15 is 0 Å². The van der Waals surface area contributed by atoms with Crippen LogP contribution in [0.5, 0.6) is 5.75 Å². The molecule has 0 aliphatic carbocycles. The van der Waals surface area contributed by atoms with Crippen molar-refractivity contribution in [1.82, 2.24) is 0 Å². The Kier molecular flexibility index (Phi) is 4.07. The summed E-state index contributed by atoms with van der Waals surface area (Å²) in [5.74, 6) is 0.0246. The Hall–Kier alpha value is -2.00. The SMILES string of the molecule is Cc1c(O)cccc1NC(=O)Cc1cccc(Cl)c1. The highest BCUT2D eigenvalue weighted by molar-refractivity contribution is 6.30. The van der Waals surface area contributed by atoms with Crippen LogP contribution in [0.4, 0.5) is 5.69 Å². The van der Waals surface area contributed by atoms with Crippen LogP contribution in [0.25, 0.3) is 0 Å². The van der Waals surface area contributed by atoms with Gasteiger partial charge in [-0.25, -0.2) is 0 Å². The van der Waals surface area contributed by atoms with Gasteiger partial charge in [0.1, 0.15) is 5.75 Å². The van der Waals surface area contributed by atoms with Crippen molar-refractivity contribution in [3.63, 3.8) is 0 Å². The molecule has 2 rings (SSSR count). The number of benzene rings is 2. The maximum Gasteiger partial charge on any atom is 0.228 e. The maximum atomic E-state index is 11.9. The number of rotatable bonds is 3. The van der Waals surface area contributed by atoms with Crippen LogP contribution in [-0.2, 0) is 11.2 Å². The molecule has 3 nitrogen and oxygen atoms in total. The molecule has 0 atom stereocenters. The number of carbonyl (C=O) groups excluding carboxylic acids is 1. The summed E-state index contributed by atoms with van der Waals surface area (Å²) in [6.07, 6.45) is 0.246. The van der Waals surface area contributed by atoms with Crippen LogP contribution in [0.1, 0.15) is 11.1 Å². The van der Waals surface area contributed by atoms with Gasteiger partial charge in [-0.15, -0.1) is 0 Å². The van der Waals surface area contributed by atoms with Crippen molar-refractivity contribution in [1.29, 1.82) is 0 Å². The highest BCUT2D eigenvalue weighted by atomic mass is 35.5. The zero-order valence-corrected chi connectivity index (χ0v) is 11.2. The number of nitrogens with one attached hydrogen (secondary N) is 1. The van der Waals surface area contributed by atoms with Crippen molar-refractivity contribution in [3.8, 4) is 5.75 Å². The first-order valence-electron chi connectivity index (χ1n) is 5.89. The Morgan fingerprint density at radius 2 is 2.00 bits per heavy atom. The molecule has 2 aromatic carbocycles. The van der Waals surface area contributed by atoms with Crippen LogP contribution in [0.15, 0.2) is 42.5 Å². The van der Waals surface area contributed by atoms with Crippen LogP contribution in [0.3, 0.4) is 0 Å². The summed E-state index contributed by atoms with van der Waals surface area (Å²) in [6.45, 7) is 1.75. The third kappa shape index (κ3) is 3.48. The Balaban J connectivity index is 2.08. The van der Waals surface area contributed by atoms with Gasteiger partial charge in [-0.3, -0.25) is 4.79 Å². The minimum Gasteiger partial charge on any atom is -0.508 e. The van der Waals surface area contributed by atoms with Gasteiger partial charge in [0, 0.05) is 16.3 Å². The molecule has 1 amide bonds. The van der Waals surface area contributed by atoms with E-state index in [4.69, 9.17) is 11.6 Å². The topological polar surface area (TPSA) is 49.3 Å². The summed E-state index contributed by atoms with van der Waals surface area (Å²) >= 11 is 5.87. The van der Waals surface area contributed by atoms with Gasteiger partial charge in [-0.05, 0) is 36.8 Å². The summed E-state index contributed by atoms with van der Waals surface area (Å²) in [7, 11) is 0. The average molecular weight is 276 g/mol. The first kappa shape index (κ1) is 13.4. The number of anilines is 1. The van der Waals surface area contributed by atoms with Crippen LogP contribution in [0.2, 0.25) is 5.02 Å². The van der Waals surface area contributed by atoms with Gasteiger partial charge in [-0.1, -0.05) is 29.8 Å². The normalized spacial score (nSPS) is 10.2. The Morgan fingerprint density at radius 3 is 2.74 bits per heavy atom. The molecule has 0 saturated carbocycles. The predicted octanol–water partition coefficient (Wildman–Crippen LogP) is 3.54. The smallest absolute Gasteiger partial charge is 0.228 e. The van der Waals surface area contributed by atoms with Crippen molar-refractivity contribution in [2.75, 3.05) is 5.32 Å². The van der Waals surface area contributed by atoms with E-state index in [0.29, 0.717) is 16.3 Å². The molecule has 0 unspecified atom stereocenters. The van der Waals surface area contributed by atoms with E-state index in [-0.39, 0.29) is 18.1 Å². The number of halogens is 1. The molecule has 0 heterocycles. The molecular formula is C15H14ClNO2. The molecule has 0 spiro atoms. The van der Waals surface area contributed by atoms with E-state index in [2.05, 4.69) is 5.32 Å². The van der Waals surface area contributed by atoms with Crippen molar-refractivity contribution >= 4 is 23.2 Å². The summed E-state index contributed by atoms with van der Waals surface area (Å²) in [5.41, 5.74) is 2.12. The molecule has 4 heteroatoms. The molecule has 98 valence electrons. The monoisotopic (exact) mass is 275 g/mol. The minimum absolute atomic E-state index is 0.143. The first-order valence-corrected chi connectivity index (χ1v) is 6.27. The lowest BCUT2D eigenvalue weighted by Gasteiger charge is -2.09. The average Bonchev–Trinajstić information content (AvgIpc) is 2.35. The Bertz CT molecular complexity index is 611. The molecular weight excluding hydrogens is 262 g/mol. The Labute approximate surface area is 116 Å². The van der Waals surface area contributed by atoms with E-state index in [1.165, 1.54) is 0 Å². The molecule has 2 aromatic rings. The fourth-order valence-corrected chi connectivity index (χ4v) is 2.00. The second kappa shape index (κ2) is 5.76. The van der Waals surface area contributed by atoms with Gasteiger partial charge in [0.05, 0.1) is 6.42 Å². The van der Waals surface area contributed by atoms with Crippen molar-refractivity contribution < 1.29 is 9.90 Å².